The standard InChI is InChI=1S/C39H60N8O7/c1-25(2)22-29(42)34(48)44-31(19-11-13-21-41)36(50)46-33(24-28-16-8-5-9-17-28)38(52)47-32(23-27-14-6-4-7-15-27)37(51)45-30(18-10-12-20-40)35(49)43-26(3)39(53)54/h4-9,14-17,25-26,29-33H,10-13,18-24,40-42H2,1-3H3,(H,43,49)(H,44,48)(H,45,51)(H,46,50)(H,47,52)(H,53,54)/t26-,29-,30-,31-,32-,33-/m0/s1. The topological polar surface area (TPSA) is 261 Å². The summed E-state index contributed by atoms with van der Waals surface area (Å²) in [4.78, 5) is 79.6. The molecular weight excluding hydrogens is 692 g/mol. The van der Waals surface area contributed by atoms with Crippen LogP contribution >= 0.6 is 0 Å². The monoisotopic (exact) mass is 752 g/mol. The summed E-state index contributed by atoms with van der Waals surface area (Å²) in [6.07, 6.45) is 3.15. The Morgan fingerprint density at radius 1 is 0.556 bits per heavy atom. The number of carbonyl (C=O) groups excluding carboxylic acids is 5. The van der Waals surface area contributed by atoms with Gasteiger partial charge >= 0.3 is 5.97 Å². The van der Waals surface area contributed by atoms with Gasteiger partial charge in [-0.3, -0.25) is 28.8 Å². The largest absolute Gasteiger partial charge is 0.480 e. The number of aliphatic carboxylic acids is 1. The van der Waals surface area contributed by atoms with Crippen molar-refractivity contribution in [3.8, 4) is 0 Å². The number of amides is 5. The van der Waals surface area contributed by atoms with Gasteiger partial charge in [0, 0.05) is 12.8 Å². The lowest BCUT2D eigenvalue weighted by molar-refractivity contribution is -0.141. The molecule has 15 nitrogen and oxygen atoms in total. The van der Waals surface area contributed by atoms with Crippen LogP contribution < -0.4 is 43.8 Å². The molecule has 2 rings (SSSR count). The highest BCUT2D eigenvalue weighted by Gasteiger charge is 2.32. The Morgan fingerprint density at radius 3 is 1.31 bits per heavy atom. The number of carboxylic acid groups (broad SMARTS) is 1. The van der Waals surface area contributed by atoms with Crippen molar-refractivity contribution in [3.05, 3.63) is 71.8 Å². The normalized spacial score (nSPS) is 14.4. The van der Waals surface area contributed by atoms with E-state index >= 15 is 0 Å². The summed E-state index contributed by atoms with van der Waals surface area (Å²) in [5, 5.41) is 22.8. The third kappa shape index (κ3) is 16.9. The predicted molar refractivity (Wildman–Crippen MR) is 206 cm³/mol. The highest BCUT2D eigenvalue weighted by atomic mass is 16.4. The Bertz CT molecular complexity index is 1480. The van der Waals surface area contributed by atoms with Gasteiger partial charge in [-0.2, -0.15) is 0 Å². The number of unbranched alkanes of at least 4 members (excludes halogenated alkanes) is 2. The average molecular weight is 753 g/mol. The summed E-state index contributed by atoms with van der Waals surface area (Å²) in [7, 11) is 0. The zero-order valence-electron chi connectivity index (χ0n) is 31.7. The van der Waals surface area contributed by atoms with Crippen molar-refractivity contribution < 1.29 is 33.9 Å². The first-order valence-corrected chi connectivity index (χ1v) is 18.7. The number of carbonyl (C=O) groups is 6. The molecule has 0 fully saturated rings. The van der Waals surface area contributed by atoms with E-state index in [4.69, 9.17) is 17.2 Å². The van der Waals surface area contributed by atoms with Crippen LogP contribution in [0, 0.1) is 5.92 Å². The Labute approximate surface area is 318 Å². The van der Waals surface area contributed by atoms with Crippen molar-refractivity contribution in [2.24, 2.45) is 23.1 Å². The molecule has 0 radical (unpaired) electrons. The molecule has 298 valence electrons. The van der Waals surface area contributed by atoms with E-state index in [-0.39, 0.29) is 31.6 Å². The fraction of sp³-hybridized carbons (Fsp3) is 0.538. The van der Waals surface area contributed by atoms with E-state index in [0.29, 0.717) is 50.8 Å². The van der Waals surface area contributed by atoms with Crippen molar-refractivity contribution in [2.45, 2.75) is 115 Å². The lowest BCUT2D eigenvalue weighted by Gasteiger charge is -2.27. The molecule has 0 aliphatic rings. The second-order valence-electron chi connectivity index (χ2n) is 14.0. The van der Waals surface area contributed by atoms with E-state index in [0.717, 1.165) is 5.56 Å². The van der Waals surface area contributed by atoms with E-state index in [1.165, 1.54) is 6.92 Å². The second-order valence-corrected chi connectivity index (χ2v) is 14.0. The number of carboxylic acids is 1. The van der Waals surface area contributed by atoms with Gasteiger partial charge < -0.3 is 48.9 Å². The first kappa shape index (κ1) is 45.3. The Kier molecular flexibility index (Phi) is 20.5. The molecule has 0 unspecified atom stereocenters. The Hall–Kier alpha value is -4.86. The van der Waals surface area contributed by atoms with Crippen LogP contribution in [-0.2, 0) is 41.6 Å². The highest BCUT2D eigenvalue weighted by molar-refractivity contribution is 5.96. The quantitative estimate of drug-likeness (QED) is 0.0639. The Balaban J connectivity index is 2.42. The summed E-state index contributed by atoms with van der Waals surface area (Å²) in [5.41, 5.74) is 18.9. The van der Waals surface area contributed by atoms with Crippen LogP contribution in [0.3, 0.4) is 0 Å². The van der Waals surface area contributed by atoms with Gasteiger partial charge in [-0.25, -0.2) is 0 Å². The van der Waals surface area contributed by atoms with E-state index in [9.17, 15) is 33.9 Å². The molecule has 0 aliphatic carbocycles. The molecule has 54 heavy (non-hydrogen) atoms. The number of nitrogens with two attached hydrogens (primary N) is 3. The molecule has 12 N–H and O–H groups in total. The first-order chi connectivity index (χ1) is 25.7. The Morgan fingerprint density at radius 2 is 0.926 bits per heavy atom. The third-order valence-electron chi connectivity index (χ3n) is 8.78. The number of nitrogens with one attached hydrogen (secondary N) is 5. The van der Waals surface area contributed by atoms with Crippen LogP contribution in [0.5, 0.6) is 0 Å². The van der Waals surface area contributed by atoms with Gasteiger partial charge in [0.15, 0.2) is 0 Å². The van der Waals surface area contributed by atoms with Crippen LogP contribution in [-0.4, -0.2) is 90.0 Å². The molecule has 0 aliphatic heterocycles. The lowest BCUT2D eigenvalue weighted by atomic mass is 10.0. The SMILES string of the molecule is CC(C)C[C@H](N)C(=O)N[C@@H](CCCCN)C(=O)N[C@@H](Cc1ccccc1)C(=O)N[C@@H](Cc1ccccc1)C(=O)N[C@@H](CCCCN)C(=O)N[C@@H](C)C(=O)O. The van der Waals surface area contributed by atoms with Gasteiger partial charge in [0.05, 0.1) is 6.04 Å². The van der Waals surface area contributed by atoms with E-state index in [1.54, 1.807) is 48.5 Å². The maximum atomic E-state index is 14.2. The van der Waals surface area contributed by atoms with Crippen molar-refractivity contribution >= 4 is 35.5 Å². The summed E-state index contributed by atoms with van der Waals surface area (Å²) in [5.74, 6) is -4.21. The number of benzene rings is 2. The molecule has 0 saturated carbocycles. The average Bonchev–Trinajstić information content (AvgIpc) is 3.13. The van der Waals surface area contributed by atoms with Crippen LogP contribution in [0.1, 0.15) is 76.8 Å². The van der Waals surface area contributed by atoms with Crippen LogP contribution in [0.25, 0.3) is 0 Å². The van der Waals surface area contributed by atoms with Crippen molar-refractivity contribution in [1.29, 1.82) is 0 Å². The van der Waals surface area contributed by atoms with Crippen molar-refractivity contribution in [1.82, 2.24) is 26.6 Å². The third-order valence-corrected chi connectivity index (χ3v) is 8.78. The highest BCUT2D eigenvalue weighted by Crippen LogP contribution is 2.11. The van der Waals surface area contributed by atoms with Gasteiger partial charge in [0.25, 0.3) is 0 Å². The van der Waals surface area contributed by atoms with Gasteiger partial charge in [-0.15, -0.1) is 0 Å². The van der Waals surface area contributed by atoms with Gasteiger partial charge in [-0.1, -0.05) is 74.5 Å². The predicted octanol–water partition coefficient (Wildman–Crippen LogP) is 0.632. The minimum atomic E-state index is -1.24. The minimum Gasteiger partial charge on any atom is -0.480 e. The van der Waals surface area contributed by atoms with Crippen LogP contribution in [0.2, 0.25) is 0 Å². The fourth-order valence-corrected chi connectivity index (χ4v) is 5.73. The molecule has 6 atom stereocenters. The van der Waals surface area contributed by atoms with E-state index in [1.807, 2.05) is 26.0 Å². The number of hydrogen-bond donors (Lipinski definition) is 9. The number of hydrogen-bond acceptors (Lipinski definition) is 9. The van der Waals surface area contributed by atoms with Crippen molar-refractivity contribution in [3.63, 3.8) is 0 Å². The minimum absolute atomic E-state index is 0.0403. The first-order valence-electron chi connectivity index (χ1n) is 18.7. The maximum Gasteiger partial charge on any atom is 0.325 e. The molecule has 0 heterocycles. The molecule has 5 amide bonds. The van der Waals surface area contributed by atoms with E-state index < -0.39 is 71.8 Å². The summed E-state index contributed by atoms with van der Waals surface area (Å²) < 4.78 is 0. The summed E-state index contributed by atoms with van der Waals surface area (Å²) >= 11 is 0. The molecule has 15 heteroatoms. The molecule has 0 spiro atoms. The smallest absolute Gasteiger partial charge is 0.325 e. The maximum absolute atomic E-state index is 14.2. The summed E-state index contributed by atoms with van der Waals surface area (Å²) in [6, 6.07) is 11.4. The van der Waals surface area contributed by atoms with E-state index in [2.05, 4.69) is 26.6 Å². The van der Waals surface area contributed by atoms with Crippen LogP contribution in [0.15, 0.2) is 60.7 Å². The number of rotatable bonds is 25. The lowest BCUT2D eigenvalue weighted by Crippen LogP contribution is -2.60. The van der Waals surface area contributed by atoms with Gasteiger partial charge in [0.1, 0.15) is 30.2 Å². The molecular formula is C39H60N8O7. The van der Waals surface area contributed by atoms with Gasteiger partial charge in [-0.05, 0) is 82.0 Å². The van der Waals surface area contributed by atoms with Gasteiger partial charge in [0.2, 0.25) is 29.5 Å². The second kappa shape index (κ2) is 24.5. The molecule has 0 bridgehead atoms. The van der Waals surface area contributed by atoms with Crippen molar-refractivity contribution in [2.75, 3.05) is 13.1 Å². The summed E-state index contributed by atoms with van der Waals surface area (Å²) in [6.45, 7) is 5.94. The molecule has 0 aromatic heterocycles. The van der Waals surface area contributed by atoms with Crippen LogP contribution in [0.4, 0.5) is 0 Å². The zero-order chi connectivity index (χ0) is 40.0. The molecule has 2 aromatic carbocycles. The molecule has 2 aromatic rings. The fourth-order valence-electron chi connectivity index (χ4n) is 5.73. The zero-order valence-corrected chi connectivity index (χ0v) is 31.7. The molecule has 0 saturated heterocycles.